The minimum atomic E-state index is -0.147. The van der Waals surface area contributed by atoms with E-state index < -0.39 is 0 Å². The SMILES string of the molecule is COc1ccc(N(C)C(=O)C2CNCCN2)cc1. The Bertz CT molecular complexity index is 399. The summed E-state index contributed by atoms with van der Waals surface area (Å²) in [5, 5.41) is 6.42. The Kier molecular flexibility index (Phi) is 4.17. The van der Waals surface area contributed by atoms with Gasteiger partial charge in [0.05, 0.1) is 13.2 Å². The van der Waals surface area contributed by atoms with Crippen molar-refractivity contribution >= 4 is 11.6 Å². The number of piperazine rings is 1. The number of nitrogens with zero attached hydrogens (tertiary/aromatic N) is 1. The Morgan fingerprint density at radius 1 is 1.33 bits per heavy atom. The summed E-state index contributed by atoms with van der Waals surface area (Å²) in [6, 6.07) is 7.32. The Balaban J connectivity index is 2.04. The molecule has 1 fully saturated rings. The molecule has 1 aliphatic rings. The molecular weight excluding hydrogens is 230 g/mol. The van der Waals surface area contributed by atoms with Crippen molar-refractivity contribution in [2.45, 2.75) is 6.04 Å². The predicted molar refractivity (Wildman–Crippen MR) is 71.1 cm³/mol. The van der Waals surface area contributed by atoms with E-state index in [0.717, 1.165) is 24.5 Å². The average molecular weight is 249 g/mol. The number of nitrogens with one attached hydrogen (secondary N) is 2. The summed E-state index contributed by atoms with van der Waals surface area (Å²) in [5.41, 5.74) is 0.869. The second-order valence-corrected chi connectivity index (χ2v) is 4.31. The zero-order valence-electron chi connectivity index (χ0n) is 10.8. The van der Waals surface area contributed by atoms with Crippen LogP contribution >= 0.6 is 0 Å². The molecule has 0 bridgehead atoms. The topological polar surface area (TPSA) is 53.6 Å². The fourth-order valence-corrected chi connectivity index (χ4v) is 1.99. The van der Waals surface area contributed by atoms with Crippen molar-refractivity contribution in [3.8, 4) is 5.75 Å². The van der Waals surface area contributed by atoms with Crippen LogP contribution in [-0.4, -0.2) is 45.7 Å². The number of carbonyl (C=O) groups is 1. The van der Waals surface area contributed by atoms with Gasteiger partial charge in [-0.15, -0.1) is 0 Å². The molecule has 1 amide bonds. The van der Waals surface area contributed by atoms with E-state index in [1.165, 1.54) is 0 Å². The summed E-state index contributed by atoms with van der Waals surface area (Å²) < 4.78 is 5.10. The molecule has 18 heavy (non-hydrogen) atoms. The number of carbonyl (C=O) groups excluding carboxylic acids is 1. The molecule has 0 spiro atoms. The molecule has 1 aliphatic heterocycles. The van der Waals surface area contributed by atoms with Crippen LogP contribution in [0.2, 0.25) is 0 Å². The third-order valence-electron chi connectivity index (χ3n) is 3.13. The number of hydrogen-bond donors (Lipinski definition) is 2. The quantitative estimate of drug-likeness (QED) is 0.804. The second kappa shape index (κ2) is 5.84. The third-order valence-corrected chi connectivity index (χ3v) is 3.13. The predicted octanol–water partition coefficient (Wildman–Crippen LogP) is 0.219. The average Bonchev–Trinajstić information content (AvgIpc) is 2.47. The van der Waals surface area contributed by atoms with Gasteiger partial charge >= 0.3 is 0 Å². The number of hydrogen-bond acceptors (Lipinski definition) is 4. The van der Waals surface area contributed by atoms with E-state index in [1.807, 2.05) is 24.3 Å². The van der Waals surface area contributed by atoms with Crippen molar-refractivity contribution in [3.05, 3.63) is 24.3 Å². The Hall–Kier alpha value is -1.59. The highest BCUT2D eigenvalue weighted by Crippen LogP contribution is 2.18. The maximum absolute atomic E-state index is 12.2. The van der Waals surface area contributed by atoms with Gasteiger partial charge in [-0.05, 0) is 24.3 Å². The van der Waals surface area contributed by atoms with Crippen LogP contribution in [0.1, 0.15) is 0 Å². The van der Waals surface area contributed by atoms with Gasteiger partial charge in [-0.3, -0.25) is 4.79 Å². The van der Waals surface area contributed by atoms with Crippen LogP contribution in [0.15, 0.2) is 24.3 Å². The van der Waals surface area contributed by atoms with E-state index in [4.69, 9.17) is 4.74 Å². The highest BCUT2D eigenvalue weighted by Gasteiger charge is 2.24. The van der Waals surface area contributed by atoms with Crippen molar-refractivity contribution in [1.29, 1.82) is 0 Å². The van der Waals surface area contributed by atoms with Crippen molar-refractivity contribution in [2.75, 3.05) is 38.7 Å². The maximum atomic E-state index is 12.2. The van der Waals surface area contributed by atoms with Gasteiger partial charge in [0, 0.05) is 32.4 Å². The van der Waals surface area contributed by atoms with Crippen LogP contribution in [-0.2, 0) is 4.79 Å². The highest BCUT2D eigenvalue weighted by atomic mass is 16.5. The molecule has 1 aromatic carbocycles. The van der Waals surface area contributed by atoms with E-state index >= 15 is 0 Å². The van der Waals surface area contributed by atoms with Gasteiger partial charge in [0.25, 0.3) is 0 Å². The molecule has 0 radical (unpaired) electrons. The lowest BCUT2D eigenvalue weighted by Crippen LogP contribution is -2.56. The van der Waals surface area contributed by atoms with Gasteiger partial charge in [0.1, 0.15) is 5.75 Å². The molecule has 5 heteroatoms. The minimum absolute atomic E-state index is 0.0763. The molecule has 0 aromatic heterocycles. The maximum Gasteiger partial charge on any atom is 0.245 e. The summed E-state index contributed by atoms with van der Waals surface area (Å²) in [7, 11) is 3.42. The molecule has 0 saturated carbocycles. The number of anilines is 1. The summed E-state index contributed by atoms with van der Waals surface area (Å²) in [6.45, 7) is 2.42. The number of amides is 1. The Morgan fingerprint density at radius 3 is 2.61 bits per heavy atom. The van der Waals surface area contributed by atoms with Crippen molar-refractivity contribution in [2.24, 2.45) is 0 Å². The summed E-state index contributed by atoms with van der Waals surface area (Å²) in [6.07, 6.45) is 0. The van der Waals surface area contributed by atoms with E-state index in [9.17, 15) is 4.79 Å². The fourth-order valence-electron chi connectivity index (χ4n) is 1.99. The number of likely N-dealkylation sites (N-methyl/N-ethyl adjacent to an activating group) is 1. The van der Waals surface area contributed by atoms with Crippen LogP contribution in [0.25, 0.3) is 0 Å². The molecule has 1 heterocycles. The van der Waals surface area contributed by atoms with Gasteiger partial charge in [0.2, 0.25) is 5.91 Å². The molecule has 1 unspecified atom stereocenters. The normalized spacial score (nSPS) is 19.3. The van der Waals surface area contributed by atoms with Gasteiger partial charge in [-0.1, -0.05) is 0 Å². The summed E-state index contributed by atoms with van der Waals surface area (Å²) >= 11 is 0. The Labute approximate surface area is 107 Å². The lowest BCUT2D eigenvalue weighted by Gasteiger charge is -2.28. The molecule has 1 saturated heterocycles. The van der Waals surface area contributed by atoms with Gasteiger partial charge in [-0.25, -0.2) is 0 Å². The zero-order valence-corrected chi connectivity index (χ0v) is 10.8. The fraction of sp³-hybridized carbons (Fsp3) is 0.462. The lowest BCUT2D eigenvalue weighted by molar-refractivity contribution is -0.120. The van der Waals surface area contributed by atoms with Crippen LogP contribution in [0, 0.1) is 0 Å². The molecule has 0 aliphatic carbocycles. The second-order valence-electron chi connectivity index (χ2n) is 4.31. The lowest BCUT2D eigenvalue weighted by atomic mass is 10.2. The van der Waals surface area contributed by atoms with Crippen LogP contribution < -0.4 is 20.3 Å². The van der Waals surface area contributed by atoms with Gasteiger partial charge in [0.15, 0.2) is 0 Å². The first-order valence-corrected chi connectivity index (χ1v) is 6.08. The van der Waals surface area contributed by atoms with Crippen LogP contribution in [0.4, 0.5) is 5.69 Å². The number of benzene rings is 1. The van der Waals surface area contributed by atoms with E-state index in [1.54, 1.807) is 19.1 Å². The molecule has 98 valence electrons. The van der Waals surface area contributed by atoms with Crippen LogP contribution in [0.5, 0.6) is 5.75 Å². The third kappa shape index (κ3) is 2.80. The number of ether oxygens (including phenoxy) is 1. The van der Waals surface area contributed by atoms with Crippen LogP contribution in [0.3, 0.4) is 0 Å². The van der Waals surface area contributed by atoms with Gasteiger partial charge in [-0.2, -0.15) is 0 Å². The number of rotatable bonds is 3. The van der Waals surface area contributed by atoms with E-state index in [2.05, 4.69) is 10.6 Å². The van der Waals surface area contributed by atoms with Crippen molar-refractivity contribution < 1.29 is 9.53 Å². The highest BCUT2D eigenvalue weighted by molar-refractivity contribution is 5.97. The molecule has 2 N–H and O–H groups in total. The van der Waals surface area contributed by atoms with E-state index in [0.29, 0.717) is 6.54 Å². The van der Waals surface area contributed by atoms with Crippen molar-refractivity contribution in [1.82, 2.24) is 10.6 Å². The molecular formula is C13H19N3O2. The van der Waals surface area contributed by atoms with Gasteiger partial charge < -0.3 is 20.3 Å². The largest absolute Gasteiger partial charge is 0.497 e. The summed E-state index contributed by atoms with van der Waals surface area (Å²) in [4.78, 5) is 13.9. The molecule has 2 rings (SSSR count). The molecule has 1 aromatic rings. The standard InChI is InChI=1S/C13H19N3O2/c1-16(10-3-5-11(18-2)6-4-10)13(17)12-9-14-7-8-15-12/h3-6,12,14-15H,7-9H2,1-2H3. The van der Waals surface area contributed by atoms with Crippen molar-refractivity contribution in [3.63, 3.8) is 0 Å². The molecule has 5 nitrogen and oxygen atoms in total. The number of methoxy groups -OCH3 is 1. The minimum Gasteiger partial charge on any atom is -0.497 e. The Morgan fingerprint density at radius 2 is 2.06 bits per heavy atom. The first kappa shape index (κ1) is 12.9. The summed E-state index contributed by atoms with van der Waals surface area (Å²) in [5.74, 6) is 0.865. The first-order valence-electron chi connectivity index (χ1n) is 6.08. The monoisotopic (exact) mass is 249 g/mol. The zero-order chi connectivity index (χ0) is 13.0. The van der Waals surface area contributed by atoms with E-state index in [-0.39, 0.29) is 11.9 Å². The smallest absolute Gasteiger partial charge is 0.245 e. The molecule has 1 atom stereocenters. The first-order chi connectivity index (χ1) is 8.72.